The Morgan fingerprint density at radius 1 is 0.388 bits per heavy atom. The third kappa shape index (κ3) is 15.4. The number of nitro benzene ring substituents is 8. The van der Waals surface area contributed by atoms with Gasteiger partial charge >= 0.3 is 0 Å². The van der Waals surface area contributed by atoms with Crippen LogP contribution in [0.15, 0.2) is 180 Å². The van der Waals surface area contributed by atoms with E-state index in [1.54, 1.807) is 12.1 Å². The standard InChI is InChI=1S/C76H52N14O26/c91-58-3-1-37(5-11-81-75(95)44-23-50(87(105)106)32-51(24-44)88(107)108)17-61(58)113-60-4-2-38(6-12-82-76(96)45-25-52(89(109)110)33-53(26-45)90(111)112)18-63(60)115-66-29-41-9-15-80-72(41)69(74(66)94)68-54-10-16-77-57(54)36-67(73(68)93)116-64-28-40-8-14-79-71(43-21-48(85(101)102)31-49(22-43)86(103)104)56(40)35-65(64)114-62-27-39-7-13-78-70(55(39)34-59(62)92)42-19-46(83(97)98)30-47(20-42)84(99)100/h1-4,9-10,15-36,77,80,91-94H,5-8,11-14H2,(H,81,95)(H,82,96). The maximum absolute atomic E-state index is 13.5. The van der Waals surface area contributed by atoms with Gasteiger partial charge in [0.1, 0.15) is 0 Å². The first kappa shape index (κ1) is 76.0. The molecular weight excluding hydrogens is 1520 g/mol. The monoisotopic (exact) mass is 1580 g/mol. The van der Waals surface area contributed by atoms with Crippen molar-refractivity contribution < 1.29 is 88.3 Å². The Balaban J connectivity index is 0.839. The van der Waals surface area contributed by atoms with Crippen molar-refractivity contribution in [3.63, 3.8) is 0 Å². The Morgan fingerprint density at radius 3 is 1.28 bits per heavy atom. The van der Waals surface area contributed by atoms with E-state index < -0.39 is 125 Å². The summed E-state index contributed by atoms with van der Waals surface area (Å²) in [6, 6.07) is 30.8. The summed E-state index contributed by atoms with van der Waals surface area (Å²) in [5.41, 5.74) is -3.69. The van der Waals surface area contributed by atoms with Gasteiger partial charge in [-0.25, -0.2) is 0 Å². The molecule has 14 rings (SSSR count). The van der Waals surface area contributed by atoms with Crippen molar-refractivity contribution in [3.8, 4) is 80.1 Å². The minimum Gasteiger partial charge on any atom is -0.504 e. The van der Waals surface area contributed by atoms with Gasteiger partial charge in [-0.3, -0.25) is 100 Å². The number of nitro groups is 8. The fraction of sp³-hybridized carbons (Fsp3) is 0.105. The maximum Gasteiger partial charge on any atom is 0.277 e. The molecule has 2 aliphatic heterocycles. The molecular formula is C76H52N14O26. The van der Waals surface area contributed by atoms with Crippen LogP contribution in [0.3, 0.4) is 0 Å². The first-order valence-corrected chi connectivity index (χ1v) is 34.3. The predicted octanol–water partition coefficient (Wildman–Crippen LogP) is 14.3. The summed E-state index contributed by atoms with van der Waals surface area (Å²) < 4.78 is 26.4. The van der Waals surface area contributed by atoms with Crippen LogP contribution in [0, 0.1) is 80.9 Å². The van der Waals surface area contributed by atoms with Gasteiger partial charge in [0.15, 0.2) is 69.0 Å². The third-order valence-corrected chi connectivity index (χ3v) is 18.7. The molecule has 40 nitrogen and oxygen atoms in total. The van der Waals surface area contributed by atoms with Gasteiger partial charge < -0.3 is 60.0 Å². The molecule has 0 atom stereocenters. The summed E-state index contributed by atoms with van der Waals surface area (Å²) >= 11 is 0. The summed E-state index contributed by atoms with van der Waals surface area (Å²) in [7, 11) is 0. The number of aromatic hydroxyl groups is 4. The van der Waals surface area contributed by atoms with E-state index in [-0.39, 0.29) is 165 Å². The van der Waals surface area contributed by atoms with Crippen LogP contribution in [-0.2, 0) is 25.7 Å². The topological polar surface area (TPSA) is 577 Å². The number of carbonyl (C=O) groups is 2. The molecule has 582 valence electrons. The van der Waals surface area contributed by atoms with E-state index in [2.05, 4.69) is 30.6 Å². The van der Waals surface area contributed by atoms with E-state index in [0.29, 0.717) is 39.8 Å². The lowest BCUT2D eigenvalue weighted by Gasteiger charge is -2.23. The zero-order valence-electron chi connectivity index (χ0n) is 59.1. The number of rotatable bonds is 27. The Morgan fingerprint density at radius 2 is 0.784 bits per heavy atom. The van der Waals surface area contributed by atoms with Gasteiger partial charge in [-0.05, 0) is 115 Å². The zero-order chi connectivity index (χ0) is 82.2. The van der Waals surface area contributed by atoms with Crippen LogP contribution in [-0.4, -0.2) is 119 Å². The molecule has 0 bridgehead atoms. The van der Waals surface area contributed by atoms with Crippen LogP contribution in [0.2, 0.25) is 0 Å². The fourth-order valence-corrected chi connectivity index (χ4v) is 13.3. The molecule has 116 heavy (non-hydrogen) atoms. The number of hydrogen-bond acceptors (Lipinski definition) is 28. The molecule has 40 heteroatoms. The molecule has 8 N–H and O–H groups in total. The first-order chi connectivity index (χ1) is 55.5. The molecule has 0 unspecified atom stereocenters. The van der Waals surface area contributed by atoms with Gasteiger partial charge in [-0.15, -0.1) is 0 Å². The van der Waals surface area contributed by atoms with E-state index >= 15 is 0 Å². The van der Waals surface area contributed by atoms with Crippen LogP contribution in [0.1, 0.15) is 65.2 Å². The van der Waals surface area contributed by atoms with Crippen LogP contribution in [0.4, 0.5) is 45.5 Å². The lowest BCUT2D eigenvalue weighted by molar-refractivity contribution is -0.394. The number of aliphatic imine (C=N–C) groups is 2. The van der Waals surface area contributed by atoms with Gasteiger partial charge in [0.05, 0.1) is 103 Å². The van der Waals surface area contributed by atoms with E-state index in [1.165, 1.54) is 85.2 Å². The van der Waals surface area contributed by atoms with E-state index in [9.17, 15) is 111 Å². The lowest BCUT2D eigenvalue weighted by Crippen LogP contribution is -2.25. The number of phenolic OH excluding ortho intramolecular Hbond substituents is 4. The fourth-order valence-electron chi connectivity index (χ4n) is 13.3. The highest BCUT2D eigenvalue weighted by Crippen LogP contribution is 2.55. The van der Waals surface area contributed by atoms with Crippen molar-refractivity contribution >= 4 is 90.5 Å². The van der Waals surface area contributed by atoms with Crippen molar-refractivity contribution in [1.29, 1.82) is 0 Å². The van der Waals surface area contributed by atoms with E-state index in [0.717, 1.165) is 60.7 Å². The third-order valence-electron chi connectivity index (χ3n) is 18.7. The largest absolute Gasteiger partial charge is 0.504 e. The molecule has 2 aromatic heterocycles. The summed E-state index contributed by atoms with van der Waals surface area (Å²) in [4.78, 5) is 130. The van der Waals surface area contributed by atoms with Crippen LogP contribution in [0.25, 0.3) is 32.9 Å². The van der Waals surface area contributed by atoms with Crippen LogP contribution < -0.4 is 29.6 Å². The smallest absolute Gasteiger partial charge is 0.277 e. The number of aromatic nitrogens is 2. The minimum atomic E-state index is -0.917. The second kappa shape index (κ2) is 30.9. The minimum absolute atomic E-state index is 0.0130. The second-order valence-corrected chi connectivity index (χ2v) is 26.0. The number of benzene rings is 10. The van der Waals surface area contributed by atoms with Gasteiger partial charge in [0.2, 0.25) is 0 Å². The number of phenols is 4. The van der Waals surface area contributed by atoms with Crippen molar-refractivity contribution in [3.05, 3.63) is 307 Å². The Kier molecular flexibility index (Phi) is 20.2. The highest BCUT2D eigenvalue weighted by molar-refractivity contribution is 6.16. The van der Waals surface area contributed by atoms with E-state index in [1.807, 2.05) is 0 Å². The van der Waals surface area contributed by atoms with Gasteiger partial charge in [-0.1, -0.05) is 12.1 Å². The van der Waals surface area contributed by atoms with E-state index in [4.69, 9.17) is 18.9 Å². The molecule has 12 aromatic rings. The molecule has 0 aliphatic carbocycles. The Hall–Kier alpha value is -16.8. The number of nitrogens with one attached hydrogen (secondary N) is 4. The Bertz CT molecular complexity index is 6220. The molecule has 0 radical (unpaired) electrons. The number of H-pyrrole nitrogens is 2. The quantitative estimate of drug-likeness (QED) is 0.0175. The normalized spacial score (nSPS) is 12.1. The number of nitrogens with zero attached hydrogens (tertiary/aromatic N) is 10. The average molecular weight is 1580 g/mol. The molecule has 0 fully saturated rings. The predicted molar refractivity (Wildman–Crippen MR) is 408 cm³/mol. The number of aromatic amines is 2. The number of fused-ring (bicyclic) bond motifs is 4. The molecule has 4 heterocycles. The molecule has 2 amide bonds. The van der Waals surface area contributed by atoms with Crippen molar-refractivity contribution in [1.82, 2.24) is 20.6 Å². The number of non-ortho nitro benzene ring substituents is 8. The van der Waals surface area contributed by atoms with Gasteiger partial charge in [0, 0.05) is 132 Å². The number of carbonyl (C=O) groups excluding carboxylic acids is 2. The summed E-state index contributed by atoms with van der Waals surface area (Å²) in [5, 5.41) is 150. The number of hydrogen-bond donors (Lipinski definition) is 8. The zero-order valence-corrected chi connectivity index (χ0v) is 59.1. The summed E-state index contributed by atoms with van der Waals surface area (Å²) in [6.45, 7) is -0.279. The number of amides is 2. The average Bonchev–Trinajstić information content (AvgIpc) is 1.49. The second-order valence-electron chi connectivity index (χ2n) is 26.0. The first-order valence-electron chi connectivity index (χ1n) is 34.3. The van der Waals surface area contributed by atoms with Crippen LogP contribution >= 0.6 is 0 Å². The van der Waals surface area contributed by atoms with Gasteiger partial charge in [0.25, 0.3) is 57.3 Å². The lowest BCUT2D eigenvalue weighted by atomic mass is 9.91. The summed E-state index contributed by atoms with van der Waals surface area (Å²) in [5.74, 6) is -6.01. The highest BCUT2D eigenvalue weighted by Gasteiger charge is 2.32. The maximum atomic E-state index is 13.5. The molecule has 0 saturated carbocycles. The van der Waals surface area contributed by atoms with Crippen LogP contribution in [0.5, 0.6) is 69.0 Å². The molecule has 0 spiro atoms. The molecule has 0 saturated heterocycles. The van der Waals surface area contributed by atoms with Crippen molar-refractivity contribution in [2.75, 3.05) is 26.2 Å². The SMILES string of the molecule is O=C(NCCc1ccc(O)c(Oc2ccc(CCNC(=O)c3cc([N+](=O)[O-])cc([N+](=O)[O-])c3)cc2Oc2cc3cc[nH]c3c(-c3c(O)c(Oc4cc5c(cc4Oc4cc6c(cc4O)C(c4cc([N+](=O)[O-])cc([N+](=O)[O-])c4)=NCC6)C(c4cc([N+](=O)[O-])cc([N+](=O)[O-])c4)=NCC5)cc4[nH]ccc34)c2O)c1)c1cc([N+](=O)[O-])cc([N+](=O)[O-])c1. The molecule has 10 aromatic carbocycles. The van der Waals surface area contributed by atoms with Crippen molar-refractivity contribution in [2.45, 2.75) is 25.7 Å². The van der Waals surface area contributed by atoms with Gasteiger partial charge in [-0.2, -0.15) is 0 Å². The highest BCUT2D eigenvalue weighted by atomic mass is 16.7. The summed E-state index contributed by atoms with van der Waals surface area (Å²) in [6.07, 6.45) is 3.34. The molecule has 2 aliphatic rings. The Labute approximate surface area is 645 Å². The number of ether oxygens (including phenoxy) is 4. The van der Waals surface area contributed by atoms with Crippen molar-refractivity contribution in [2.24, 2.45) is 9.98 Å².